The van der Waals surface area contributed by atoms with Crippen molar-refractivity contribution in [3.8, 4) is 5.75 Å². The highest BCUT2D eigenvalue weighted by atomic mass is 16.5. The minimum absolute atomic E-state index is 0.0745. The molecule has 17 heavy (non-hydrogen) atoms. The van der Waals surface area contributed by atoms with E-state index in [0.717, 1.165) is 0 Å². The largest absolute Gasteiger partial charge is 0.492 e. The summed E-state index contributed by atoms with van der Waals surface area (Å²) in [5.41, 5.74) is 5.97. The first-order valence-corrected chi connectivity index (χ1v) is 5.93. The van der Waals surface area contributed by atoms with E-state index in [0.29, 0.717) is 18.3 Å². The third-order valence-electron chi connectivity index (χ3n) is 3.22. The van der Waals surface area contributed by atoms with Gasteiger partial charge in [0.2, 0.25) is 0 Å². The van der Waals surface area contributed by atoms with Crippen molar-refractivity contribution in [1.82, 2.24) is 0 Å². The molecular formula is C13H17NO3. The fraction of sp³-hybridized carbons (Fsp3) is 0.462. The molecular weight excluding hydrogens is 218 g/mol. The number of nitrogens with two attached hydrogens (primary N) is 1. The molecule has 1 saturated carbocycles. The zero-order valence-corrected chi connectivity index (χ0v) is 9.69. The number of carboxylic acids is 1. The van der Waals surface area contributed by atoms with E-state index in [2.05, 4.69) is 0 Å². The molecule has 1 fully saturated rings. The van der Waals surface area contributed by atoms with Gasteiger partial charge < -0.3 is 15.6 Å². The number of ether oxygens (including phenoxy) is 1. The Morgan fingerprint density at radius 2 is 2.12 bits per heavy atom. The van der Waals surface area contributed by atoms with Crippen molar-refractivity contribution in [2.24, 2.45) is 5.92 Å². The number of hydrogen-bond acceptors (Lipinski definition) is 3. The Kier molecular flexibility index (Phi) is 3.52. The van der Waals surface area contributed by atoms with Crippen LogP contribution in [-0.2, 0) is 0 Å². The number of rotatable bonds is 4. The van der Waals surface area contributed by atoms with Gasteiger partial charge in [-0.15, -0.1) is 0 Å². The van der Waals surface area contributed by atoms with Crippen molar-refractivity contribution in [1.29, 1.82) is 0 Å². The Morgan fingerprint density at radius 3 is 2.76 bits per heavy atom. The van der Waals surface area contributed by atoms with Crippen LogP contribution in [0.4, 0.5) is 5.69 Å². The van der Waals surface area contributed by atoms with Gasteiger partial charge in [0.05, 0.1) is 6.61 Å². The van der Waals surface area contributed by atoms with Crippen molar-refractivity contribution in [2.45, 2.75) is 25.7 Å². The average molecular weight is 235 g/mol. The van der Waals surface area contributed by atoms with Crippen molar-refractivity contribution >= 4 is 11.7 Å². The first-order valence-electron chi connectivity index (χ1n) is 5.93. The molecule has 0 atom stereocenters. The lowest BCUT2D eigenvalue weighted by atomic mass is 10.1. The number of carbonyl (C=O) groups is 1. The van der Waals surface area contributed by atoms with Gasteiger partial charge in [-0.3, -0.25) is 0 Å². The van der Waals surface area contributed by atoms with Gasteiger partial charge in [0.1, 0.15) is 11.3 Å². The summed E-state index contributed by atoms with van der Waals surface area (Å²) in [7, 11) is 0. The maximum atomic E-state index is 11.1. The Morgan fingerprint density at radius 1 is 1.41 bits per heavy atom. The second-order valence-corrected chi connectivity index (χ2v) is 4.49. The van der Waals surface area contributed by atoms with E-state index in [4.69, 9.17) is 15.6 Å². The molecule has 0 aromatic heterocycles. The van der Waals surface area contributed by atoms with Gasteiger partial charge in [0.25, 0.3) is 0 Å². The van der Waals surface area contributed by atoms with E-state index in [-0.39, 0.29) is 11.3 Å². The van der Waals surface area contributed by atoms with E-state index in [1.54, 1.807) is 18.2 Å². The molecule has 0 spiro atoms. The summed E-state index contributed by atoms with van der Waals surface area (Å²) >= 11 is 0. The Hall–Kier alpha value is -1.71. The SMILES string of the molecule is Nc1cccc(OCC2CCCC2)c1C(=O)O. The monoisotopic (exact) mass is 235 g/mol. The van der Waals surface area contributed by atoms with Gasteiger partial charge in [-0.05, 0) is 30.9 Å². The molecule has 0 heterocycles. The van der Waals surface area contributed by atoms with Crippen LogP contribution in [-0.4, -0.2) is 17.7 Å². The minimum Gasteiger partial charge on any atom is -0.492 e. The highest BCUT2D eigenvalue weighted by Gasteiger charge is 2.19. The molecule has 0 radical (unpaired) electrons. The molecule has 3 N–H and O–H groups in total. The van der Waals surface area contributed by atoms with Crippen LogP contribution in [0.5, 0.6) is 5.75 Å². The van der Waals surface area contributed by atoms with Gasteiger partial charge >= 0.3 is 5.97 Å². The van der Waals surface area contributed by atoms with Crippen molar-refractivity contribution < 1.29 is 14.6 Å². The van der Waals surface area contributed by atoms with E-state index in [1.807, 2.05) is 0 Å². The highest BCUT2D eigenvalue weighted by molar-refractivity contribution is 5.96. The summed E-state index contributed by atoms with van der Waals surface area (Å²) in [5.74, 6) is -0.105. The van der Waals surface area contributed by atoms with Crippen LogP contribution in [0.3, 0.4) is 0 Å². The lowest BCUT2D eigenvalue weighted by Gasteiger charge is -2.14. The van der Waals surface area contributed by atoms with Crippen LogP contribution in [0.15, 0.2) is 18.2 Å². The van der Waals surface area contributed by atoms with Crippen LogP contribution < -0.4 is 10.5 Å². The lowest BCUT2D eigenvalue weighted by molar-refractivity contribution is 0.0692. The predicted octanol–water partition coefficient (Wildman–Crippen LogP) is 2.54. The molecule has 0 aliphatic heterocycles. The third kappa shape index (κ3) is 2.70. The quantitative estimate of drug-likeness (QED) is 0.786. The summed E-state index contributed by atoms with van der Waals surface area (Å²) in [6.45, 7) is 0.587. The Balaban J connectivity index is 2.09. The predicted molar refractivity (Wildman–Crippen MR) is 65.3 cm³/mol. The molecule has 0 bridgehead atoms. The molecule has 92 valence electrons. The van der Waals surface area contributed by atoms with Crippen LogP contribution in [0.2, 0.25) is 0 Å². The average Bonchev–Trinajstić information content (AvgIpc) is 2.78. The van der Waals surface area contributed by atoms with Gasteiger partial charge in [-0.2, -0.15) is 0 Å². The van der Waals surface area contributed by atoms with Crippen LogP contribution in [0.25, 0.3) is 0 Å². The third-order valence-corrected chi connectivity index (χ3v) is 3.22. The van der Waals surface area contributed by atoms with Gasteiger partial charge in [0, 0.05) is 5.69 Å². The van der Waals surface area contributed by atoms with Gasteiger partial charge in [0.15, 0.2) is 0 Å². The van der Waals surface area contributed by atoms with Crippen molar-refractivity contribution in [2.75, 3.05) is 12.3 Å². The second kappa shape index (κ2) is 5.08. The number of benzene rings is 1. The zero-order chi connectivity index (χ0) is 12.3. The Labute approximate surface area is 100 Å². The van der Waals surface area contributed by atoms with Crippen LogP contribution in [0, 0.1) is 5.92 Å². The van der Waals surface area contributed by atoms with E-state index >= 15 is 0 Å². The van der Waals surface area contributed by atoms with Crippen LogP contribution >= 0.6 is 0 Å². The van der Waals surface area contributed by atoms with Gasteiger partial charge in [-0.1, -0.05) is 18.9 Å². The normalized spacial score (nSPS) is 16.0. The molecule has 0 unspecified atom stereocenters. The number of carboxylic acid groups (broad SMARTS) is 1. The molecule has 2 rings (SSSR count). The topological polar surface area (TPSA) is 72.5 Å². The molecule has 1 aliphatic carbocycles. The first-order chi connectivity index (χ1) is 8.18. The maximum Gasteiger partial charge on any atom is 0.341 e. The minimum atomic E-state index is -1.04. The fourth-order valence-electron chi connectivity index (χ4n) is 2.28. The van der Waals surface area contributed by atoms with E-state index < -0.39 is 5.97 Å². The highest BCUT2D eigenvalue weighted by Crippen LogP contribution is 2.28. The van der Waals surface area contributed by atoms with E-state index in [1.165, 1.54) is 25.7 Å². The van der Waals surface area contributed by atoms with Gasteiger partial charge in [-0.25, -0.2) is 4.79 Å². The van der Waals surface area contributed by atoms with E-state index in [9.17, 15) is 4.79 Å². The molecule has 1 aliphatic rings. The van der Waals surface area contributed by atoms with Crippen molar-refractivity contribution in [3.05, 3.63) is 23.8 Å². The number of nitrogen functional groups attached to an aromatic ring is 1. The summed E-state index contributed by atoms with van der Waals surface area (Å²) < 4.78 is 5.60. The number of anilines is 1. The first kappa shape index (κ1) is 11.8. The summed E-state index contributed by atoms with van der Waals surface area (Å²) in [6, 6.07) is 4.95. The summed E-state index contributed by atoms with van der Waals surface area (Å²) in [6.07, 6.45) is 4.84. The fourth-order valence-corrected chi connectivity index (χ4v) is 2.28. The summed E-state index contributed by atoms with van der Waals surface area (Å²) in [4.78, 5) is 11.1. The molecule has 0 saturated heterocycles. The van der Waals surface area contributed by atoms with Crippen molar-refractivity contribution in [3.63, 3.8) is 0 Å². The lowest BCUT2D eigenvalue weighted by Crippen LogP contribution is -2.12. The molecule has 4 nitrogen and oxygen atoms in total. The standard InChI is InChI=1S/C13H17NO3/c14-10-6-3-7-11(12(10)13(15)16)17-8-9-4-1-2-5-9/h3,6-7,9H,1-2,4-5,8,14H2,(H,15,16). The molecule has 1 aromatic rings. The zero-order valence-electron chi connectivity index (χ0n) is 9.69. The number of aromatic carboxylic acids is 1. The number of hydrogen-bond donors (Lipinski definition) is 2. The smallest absolute Gasteiger partial charge is 0.341 e. The van der Waals surface area contributed by atoms with Crippen LogP contribution in [0.1, 0.15) is 36.0 Å². The Bertz CT molecular complexity index is 411. The molecule has 0 amide bonds. The molecule has 4 heteroatoms. The summed E-state index contributed by atoms with van der Waals surface area (Å²) in [5, 5.41) is 9.08. The maximum absolute atomic E-state index is 11.1. The molecule has 1 aromatic carbocycles. The second-order valence-electron chi connectivity index (χ2n) is 4.49.